The van der Waals surface area contributed by atoms with Crippen molar-refractivity contribution in [1.29, 1.82) is 0 Å². The average molecular weight is 211 g/mol. The molecule has 78 valence electrons. The summed E-state index contributed by atoms with van der Waals surface area (Å²) in [5.41, 5.74) is 0. The van der Waals surface area contributed by atoms with Gasteiger partial charge >= 0.3 is 0 Å². The van der Waals surface area contributed by atoms with Gasteiger partial charge in [0, 0.05) is 13.1 Å². The number of hydrogen-bond donors (Lipinski definition) is 1. The van der Waals surface area contributed by atoms with Gasteiger partial charge in [-0.15, -0.1) is 11.3 Å². The molecule has 0 unspecified atom stereocenters. The summed E-state index contributed by atoms with van der Waals surface area (Å²) >= 11 is 1.78. The predicted octanol–water partition coefficient (Wildman–Crippen LogP) is 1.64. The van der Waals surface area contributed by atoms with Crippen LogP contribution in [-0.4, -0.2) is 31.2 Å². The second-order valence-electron chi connectivity index (χ2n) is 3.81. The van der Waals surface area contributed by atoms with Gasteiger partial charge in [-0.2, -0.15) is 0 Å². The molecule has 1 aromatic rings. The van der Waals surface area contributed by atoms with Crippen LogP contribution in [0.1, 0.15) is 17.8 Å². The second kappa shape index (κ2) is 4.28. The highest BCUT2D eigenvalue weighted by Crippen LogP contribution is 2.25. The molecule has 1 aliphatic rings. The summed E-state index contributed by atoms with van der Waals surface area (Å²) in [5.74, 6) is 0. The Morgan fingerprint density at radius 3 is 2.79 bits per heavy atom. The molecule has 1 fully saturated rings. The van der Waals surface area contributed by atoms with Crippen molar-refractivity contribution in [1.82, 2.24) is 10.3 Å². The Morgan fingerprint density at radius 2 is 2.21 bits per heavy atom. The molecule has 2 heterocycles. The fourth-order valence-corrected chi connectivity index (χ4v) is 2.69. The van der Waals surface area contributed by atoms with Crippen LogP contribution >= 0.6 is 11.3 Å². The lowest BCUT2D eigenvalue weighted by atomic mass is 10.1. The first kappa shape index (κ1) is 9.93. The van der Waals surface area contributed by atoms with Crippen molar-refractivity contribution < 1.29 is 0 Å². The van der Waals surface area contributed by atoms with E-state index in [2.05, 4.69) is 29.2 Å². The van der Waals surface area contributed by atoms with Gasteiger partial charge in [-0.05, 0) is 32.9 Å². The van der Waals surface area contributed by atoms with E-state index in [1.165, 1.54) is 17.8 Å². The number of aromatic nitrogens is 1. The van der Waals surface area contributed by atoms with E-state index in [4.69, 9.17) is 0 Å². The van der Waals surface area contributed by atoms with Gasteiger partial charge in [-0.1, -0.05) is 0 Å². The first-order valence-electron chi connectivity index (χ1n) is 5.13. The zero-order valence-electron chi connectivity index (χ0n) is 8.79. The van der Waals surface area contributed by atoms with Gasteiger partial charge in [0.1, 0.15) is 5.00 Å². The largest absolute Gasteiger partial charge is 0.362 e. The number of nitrogens with zero attached hydrogens (tertiary/aromatic N) is 2. The molecule has 0 spiro atoms. The van der Waals surface area contributed by atoms with E-state index in [0.717, 1.165) is 18.1 Å². The van der Waals surface area contributed by atoms with Gasteiger partial charge in [0.2, 0.25) is 0 Å². The van der Waals surface area contributed by atoms with E-state index in [1.807, 2.05) is 6.20 Å². The summed E-state index contributed by atoms with van der Waals surface area (Å²) in [6.07, 6.45) is 4.48. The molecule has 3 nitrogen and oxygen atoms in total. The zero-order chi connectivity index (χ0) is 9.97. The Morgan fingerprint density at radius 1 is 1.50 bits per heavy atom. The summed E-state index contributed by atoms with van der Waals surface area (Å²) in [5, 5.41) is 5.84. The third kappa shape index (κ3) is 2.07. The van der Waals surface area contributed by atoms with Crippen LogP contribution in [0, 0.1) is 6.92 Å². The van der Waals surface area contributed by atoms with Crippen molar-refractivity contribution in [2.24, 2.45) is 0 Å². The van der Waals surface area contributed by atoms with Crippen LogP contribution in [0.2, 0.25) is 0 Å². The lowest BCUT2D eigenvalue weighted by Crippen LogP contribution is -2.40. The van der Waals surface area contributed by atoms with E-state index in [9.17, 15) is 0 Å². The summed E-state index contributed by atoms with van der Waals surface area (Å²) < 4.78 is 0. The molecule has 0 bridgehead atoms. The smallest absolute Gasteiger partial charge is 0.111 e. The molecular weight excluding hydrogens is 194 g/mol. The maximum absolute atomic E-state index is 4.29. The predicted molar refractivity (Wildman–Crippen MR) is 61.1 cm³/mol. The number of aryl methyl sites for hydroxylation is 1. The number of anilines is 1. The van der Waals surface area contributed by atoms with Crippen molar-refractivity contribution in [2.75, 3.05) is 25.0 Å². The third-order valence-electron chi connectivity index (χ3n) is 2.81. The van der Waals surface area contributed by atoms with E-state index in [-0.39, 0.29) is 0 Å². The molecule has 0 radical (unpaired) electrons. The Bertz CT molecular complexity index is 291. The molecule has 0 aliphatic carbocycles. The standard InChI is InChI=1S/C10H17N3S/c1-8-12-7-10(14-8)13(2)9-3-5-11-6-4-9/h7,9,11H,3-6H2,1-2H3. The van der Waals surface area contributed by atoms with Gasteiger partial charge in [-0.3, -0.25) is 0 Å². The topological polar surface area (TPSA) is 28.2 Å². The summed E-state index contributed by atoms with van der Waals surface area (Å²) in [6.45, 7) is 4.35. The van der Waals surface area contributed by atoms with E-state index in [1.54, 1.807) is 11.3 Å². The third-order valence-corrected chi connectivity index (χ3v) is 3.82. The van der Waals surface area contributed by atoms with Crippen LogP contribution in [0.15, 0.2) is 6.20 Å². The highest BCUT2D eigenvalue weighted by molar-refractivity contribution is 7.15. The highest BCUT2D eigenvalue weighted by Gasteiger charge is 2.18. The minimum atomic E-state index is 0.691. The summed E-state index contributed by atoms with van der Waals surface area (Å²) in [4.78, 5) is 6.67. The molecule has 2 rings (SSSR count). The normalized spacial score (nSPS) is 18.4. The van der Waals surface area contributed by atoms with Gasteiger partial charge in [-0.25, -0.2) is 4.98 Å². The highest BCUT2D eigenvalue weighted by atomic mass is 32.1. The average Bonchev–Trinajstić information content (AvgIpc) is 2.65. The lowest BCUT2D eigenvalue weighted by molar-refractivity contribution is 0.444. The number of thiazole rings is 1. The van der Waals surface area contributed by atoms with Crippen LogP contribution < -0.4 is 10.2 Å². The fraction of sp³-hybridized carbons (Fsp3) is 0.700. The van der Waals surface area contributed by atoms with E-state index >= 15 is 0 Å². The molecule has 1 saturated heterocycles. The monoisotopic (exact) mass is 211 g/mol. The SMILES string of the molecule is Cc1ncc(N(C)C2CCNCC2)s1. The van der Waals surface area contributed by atoms with Crippen molar-refractivity contribution in [2.45, 2.75) is 25.8 Å². The molecule has 1 aliphatic heterocycles. The minimum absolute atomic E-state index is 0.691. The first-order chi connectivity index (χ1) is 6.77. The Balaban J connectivity index is 2.03. The molecule has 1 N–H and O–H groups in total. The lowest BCUT2D eigenvalue weighted by Gasteiger charge is -2.31. The number of rotatable bonds is 2. The van der Waals surface area contributed by atoms with Gasteiger partial charge in [0.05, 0.1) is 11.2 Å². The van der Waals surface area contributed by atoms with E-state index < -0.39 is 0 Å². The zero-order valence-corrected chi connectivity index (χ0v) is 9.60. The van der Waals surface area contributed by atoms with Crippen molar-refractivity contribution >= 4 is 16.3 Å². The van der Waals surface area contributed by atoms with E-state index in [0.29, 0.717) is 6.04 Å². The van der Waals surface area contributed by atoms with Crippen LogP contribution in [0.4, 0.5) is 5.00 Å². The molecule has 0 saturated carbocycles. The first-order valence-corrected chi connectivity index (χ1v) is 5.95. The van der Waals surface area contributed by atoms with Crippen LogP contribution in [0.5, 0.6) is 0 Å². The number of hydrogen-bond acceptors (Lipinski definition) is 4. The fourth-order valence-electron chi connectivity index (χ4n) is 1.89. The maximum Gasteiger partial charge on any atom is 0.111 e. The van der Waals surface area contributed by atoms with Crippen LogP contribution in [0.25, 0.3) is 0 Å². The van der Waals surface area contributed by atoms with Gasteiger partial charge in [0.25, 0.3) is 0 Å². The molecule has 1 aromatic heterocycles. The van der Waals surface area contributed by atoms with Crippen molar-refractivity contribution in [3.8, 4) is 0 Å². The summed E-state index contributed by atoms with van der Waals surface area (Å²) in [7, 11) is 2.18. The molecule has 0 amide bonds. The Hall–Kier alpha value is -0.610. The summed E-state index contributed by atoms with van der Waals surface area (Å²) in [6, 6.07) is 0.691. The number of nitrogens with one attached hydrogen (secondary N) is 1. The molecule has 0 atom stereocenters. The van der Waals surface area contributed by atoms with Gasteiger partial charge in [0.15, 0.2) is 0 Å². The van der Waals surface area contributed by atoms with Crippen molar-refractivity contribution in [3.63, 3.8) is 0 Å². The van der Waals surface area contributed by atoms with Crippen LogP contribution in [0.3, 0.4) is 0 Å². The Labute approximate surface area is 89.1 Å². The second-order valence-corrected chi connectivity index (χ2v) is 5.02. The quantitative estimate of drug-likeness (QED) is 0.806. The molecule has 14 heavy (non-hydrogen) atoms. The minimum Gasteiger partial charge on any atom is -0.362 e. The Kier molecular flexibility index (Phi) is 3.03. The molecular formula is C10H17N3S. The molecule has 4 heteroatoms. The van der Waals surface area contributed by atoms with Gasteiger partial charge < -0.3 is 10.2 Å². The molecule has 0 aromatic carbocycles. The number of piperidine rings is 1. The van der Waals surface area contributed by atoms with Crippen LogP contribution in [-0.2, 0) is 0 Å². The van der Waals surface area contributed by atoms with Crippen molar-refractivity contribution in [3.05, 3.63) is 11.2 Å². The maximum atomic E-state index is 4.29.